The van der Waals surface area contributed by atoms with E-state index in [-0.39, 0.29) is 5.91 Å². The molecule has 0 spiro atoms. The lowest BCUT2D eigenvalue weighted by Crippen LogP contribution is -2.38. The number of ether oxygens (including phenoxy) is 2. The Morgan fingerprint density at radius 3 is 2.73 bits per heavy atom. The molecule has 1 aromatic carbocycles. The summed E-state index contributed by atoms with van der Waals surface area (Å²) in [6, 6.07) is 7.38. The van der Waals surface area contributed by atoms with Crippen LogP contribution in [0.4, 0.5) is 5.82 Å². The Labute approximate surface area is 175 Å². The average molecular weight is 410 g/mol. The van der Waals surface area contributed by atoms with Crippen molar-refractivity contribution in [3.8, 4) is 5.75 Å². The van der Waals surface area contributed by atoms with Crippen LogP contribution >= 0.6 is 0 Å². The van der Waals surface area contributed by atoms with Gasteiger partial charge in [-0.1, -0.05) is 12.1 Å². The molecule has 1 fully saturated rings. The molecule has 9 heteroatoms. The van der Waals surface area contributed by atoms with E-state index in [4.69, 9.17) is 9.47 Å². The summed E-state index contributed by atoms with van der Waals surface area (Å²) < 4.78 is 12.8. The first-order valence-corrected chi connectivity index (χ1v) is 10.0. The van der Waals surface area contributed by atoms with Gasteiger partial charge in [0.2, 0.25) is 0 Å². The van der Waals surface area contributed by atoms with Crippen LogP contribution in [0.1, 0.15) is 22.0 Å². The number of carbonyl (C=O) groups excluding carboxylic acids is 1. The third kappa shape index (κ3) is 4.27. The highest BCUT2D eigenvalue weighted by Crippen LogP contribution is 2.28. The fraction of sp³-hybridized carbons (Fsp3) is 0.429. The molecule has 0 radical (unpaired) electrons. The van der Waals surface area contributed by atoms with Crippen molar-refractivity contribution in [2.24, 2.45) is 0 Å². The summed E-state index contributed by atoms with van der Waals surface area (Å²) in [5, 5.41) is 8.25. The normalized spacial score (nSPS) is 14.8. The van der Waals surface area contributed by atoms with Crippen molar-refractivity contribution in [3.63, 3.8) is 0 Å². The molecule has 0 saturated carbocycles. The maximum absolute atomic E-state index is 13.1. The van der Waals surface area contributed by atoms with E-state index in [1.165, 1.54) is 0 Å². The van der Waals surface area contributed by atoms with Crippen molar-refractivity contribution in [2.45, 2.75) is 20.4 Å². The summed E-state index contributed by atoms with van der Waals surface area (Å²) in [4.78, 5) is 23.9. The van der Waals surface area contributed by atoms with Gasteiger partial charge in [0.25, 0.3) is 5.91 Å². The molecule has 0 bridgehead atoms. The number of anilines is 1. The fourth-order valence-electron chi connectivity index (χ4n) is 3.72. The number of hydrogen-bond acceptors (Lipinski definition) is 7. The molecule has 1 amide bonds. The van der Waals surface area contributed by atoms with Crippen molar-refractivity contribution in [2.75, 3.05) is 45.3 Å². The Morgan fingerprint density at radius 2 is 2.00 bits per heavy atom. The lowest BCUT2D eigenvalue weighted by atomic mass is 10.2. The largest absolute Gasteiger partial charge is 0.494 e. The third-order valence-corrected chi connectivity index (χ3v) is 5.11. The zero-order chi connectivity index (χ0) is 21.1. The Hall–Kier alpha value is -3.04. The van der Waals surface area contributed by atoms with Gasteiger partial charge in [-0.15, -0.1) is 0 Å². The molecular formula is C21H26N6O3. The summed E-state index contributed by atoms with van der Waals surface area (Å²) >= 11 is 0. The second kappa shape index (κ2) is 8.76. The molecule has 2 aromatic heterocycles. The number of morpholine rings is 1. The first kappa shape index (κ1) is 20.2. The molecule has 158 valence electrons. The Kier molecular flexibility index (Phi) is 5.91. The number of nitrogens with zero attached hydrogens (tertiary/aromatic N) is 5. The highest BCUT2D eigenvalue weighted by molar-refractivity contribution is 6.11. The zero-order valence-electron chi connectivity index (χ0n) is 17.5. The molecule has 1 aliphatic rings. The van der Waals surface area contributed by atoms with E-state index in [2.05, 4.69) is 25.3 Å². The van der Waals surface area contributed by atoms with Crippen LogP contribution in [0, 0.1) is 13.8 Å². The van der Waals surface area contributed by atoms with Crippen molar-refractivity contribution < 1.29 is 14.3 Å². The number of benzene rings is 1. The number of hydrogen-bond donors (Lipinski definition) is 1. The predicted molar refractivity (Wildman–Crippen MR) is 113 cm³/mol. The van der Waals surface area contributed by atoms with E-state index in [0.29, 0.717) is 29.6 Å². The average Bonchev–Trinajstić information content (AvgIpc) is 3.11. The maximum atomic E-state index is 13.1. The second-order valence-electron chi connectivity index (χ2n) is 7.28. The van der Waals surface area contributed by atoms with E-state index in [1.807, 2.05) is 29.8 Å². The summed E-state index contributed by atoms with van der Waals surface area (Å²) in [6.07, 6.45) is 0. The molecule has 9 nitrogen and oxygen atoms in total. The van der Waals surface area contributed by atoms with Crippen LogP contribution in [0.25, 0.3) is 10.9 Å². The Balaban J connectivity index is 1.64. The van der Waals surface area contributed by atoms with Crippen LogP contribution in [0.2, 0.25) is 0 Å². The lowest BCUT2D eigenvalue weighted by Gasteiger charge is -2.26. The van der Waals surface area contributed by atoms with Gasteiger partial charge in [0, 0.05) is 36.8 Å². The highest BCUT2D eigenvalue weighted by Gasteiger charge is 2.21. The summed E-state index contributed by atoms with van der Waals surface area (Å²) in [5.74, 6) is 1.45. The molecule has 3 heterocycles. The topological polar surface area (TPSA) is 94.4 Å². The fourth-order valence-corrected chi connectivity index (χ4v) is 3.72. The number of rotatable bonds is 6. The molecule has 1 saturated heterocycles. The monoisotopic (exact) mass is 410 g/mol. The van der Waals surface area contributed by atoms with Crippen molar-refractivity contribution in [1.29, 1.82) is 0 Å². The Morgan fingerprint density at radius 1 is 1.20 bits per heavy atom. The predicted octanol–water partition coefficient (Wildman–Crippen LogP) is 2.04. The van der Waals surface area contributed by atoms with Gasteiger partial charge in [0.05, 0.1) is 26.9 Å². The molecule has 30 heavy (non-hydrogen) atoms. The SMILES string of the molecule is COc1cccc2c(C(=O)Nc3cc(C)nc(C)n3)nn(CCN3CCOCC3)c12. The number of aryl methyl sites for hydroxylation is 2. The molecule has 1 aliphatic heterocycles. The van der Waals surface area contributed by atoms with E-state index < -0.39 is 0 Å². The highest BCUT2D eigenvalue weighted by atomic mass is 16.5. The van der Waals surface area contributed by atoms with Crippen LogP contribution in [0.15, 0.2) is 24.3 Å². The number of nitrogens with one attached hydrogen (secondary N) is 1. The molecule has 3 aromatic rings. The first-order chi connectivity index (χ1) is 14.5. The van der Waals surface area contributed by atoms with Gasteiger partial charge in [0.15, 0.2) is 5.69 Å². The lowest BCUT2D eigenvalue weighted by molar-refractivity contribution is 0.0361. The van der Waals surface area contributed by atoms with Gasteiger partial charge in [-0.05, 0) is 19.9 Å². The quantitative estimate of drug-likeness (QED) is 0.664. The number of para-hydroxylation sites is 1. The summed E-state index contributed by atoms with van der Waals surface area (Å²) in [5.41, 5.74) is 1.95. The standard InChI is InChI=1S/C21H26N6O3/c1-14-13-18(23-15(2)22-14)24-21(28)19-16-5-4-6-17(29-3)20(16)27(25-19)8-7-26-9-11-30-12-10-26/h4-6,13H,7-12H2,1-3H3,(H,22,23,24,28). The smallest absolute Gasteiger partial charge is 0.277 e. The van der Waals surface area contributed by atoms with Crippen LogP contribution in [-0.4, -0.2) is 70.5 Å². The Bertz CT molecular complexity index is 1040. The van der Waals surface area contributed by atoms with E-state index in [0.717, 1.165) is 49.4 Å². The van der Waals surface area contributed by atoms with Crippen molar-refractivity contribution >= 4 is 22.6 Å². The van der Waals surface area contributed by atoms with E-state index >= 15 is 0 Å². The van der Waals surface area contributed by atoms with Crippen molar-refractivity contribution in [3.05, 3.63) is 41.5 Å². The van der Waals surface area contributed by atoms with Gasteiger partial charge >= 0.3 is 0 Å². The number of carbonyl (C=O) groups is 1. The van der Waals surface area contributed by atoms with Gasteiger partial charge in [-0.2, -0.15) is 5.10 Å². The number of methoxy groups -OCH3 is 1. The van der Waals surface area contributed by atoms with Crippen LogP contribution < -0.4 is 10.1 Å². The number of amides is 1. The van der Waals surface area contributed by atoms with Crippen LogP contribution in [-0.2, 0) is 11.3 Å². The first-order valence-electron chi connectivity index (χ1n) is 10.0. The van der Waals surface area contributed by atoms with Gasteiger partial charge < -0.3 is 14.8 Å². The molecule has 4 rings (SSSR count). The zero-order valence-corrected chi connectivity index (χ0v) is 17.5. The van der Waals surface area contributed by atoms with E-state index in [9.17, 15) is 4.79 Å². The minimum atomic E-state index is -0.309. The molecular weight excluding hydrogens is 384 g/mol. The molecule has 0 unspecified atom stereocenters. The third-order valence-electron chi connectivity index (χ3n) is 5.11. The van der Waals surface area contributed by atoms with Crippen molar-refractivity contribution in [1.82, 2.24) is 24.6 Å². The number of aromatic nitrogens is 4. The number of fused-ring (bicyclic) bond motifs is 1. The minimum absolute atomic E-state index is 0.309. The van der Waals surface area contributed by atoms with Crippen LogP contribution in [0.5, 0.6) is 5.75 Å². The summed E-state index contributed by atoms with van der Waals surface area (Å²) in [6.45, 7) is 8.42. The van der Waals surface area contributed by atoms with Crippen LogP contribution in [0.3, 0.4) is 0 Å². The second-order valence-corrected chi connectivity index (χ2v) is 7.28. The molecule has 0 aliphatic carbocycles. The molecule has 0 atom stereocenters. The molecule has 1 N–H and O–H groups in total. The van der Waals surface area contributed by atoms with Gasteiger partial charge in [-0.25, -0.2) is 9.97 Å². The summed E-state index contributed by atoms with van der Waals surface area (Å²) in [7, 11) is 1.63. The van der Waals surface area contributed by atoms with Gasteiger partial charge in [0.1, 0.15) is 22.9 Å². The van der Waals surface area contributed by atoms with E-state index in [1.54, 1.807) is 20.1 Å². The maximum Gasteiger partial charge on any atom is 0.277 e. The minimum Gasteiger partial charge on any atom is -0.494 e. The van der Waals surface area contributed by atoms with Gasteiger partial charge in [-0.3, -0.25) is 14.4 Å².